The Labute approximate surface area is 618 Å². The first-order chi connectivity index (χ1) is 48.7. The van der Waals surface area contributed by atoms with E-state index in [2.05, 4.69) is 72.8 Å². The molecule has 19 heteroatoms. The fourth-order valence-corrected chi connectivity index (χ4v) is 13.7. The second-order valence-electron chi connectivity index (χ2n) is 30.3. The third-order valence-corrected chi connectivity index (χ3v) is 20.4. The van der Waals surface area contributed by atoms with E-state index in [-0.39, 0.29) is 25.7 Å². The number of phosphoric acid groups is 2. The summed E-state index contributed by atoms with van der Waals surface area (Å²) in [5, 5.41) is 10.6. The average molecular weight is 1480 g/mol. The molecule has 0 amide bonds. The van der Waals surface area contributed by atoms with Gasteiger partial charge in [-0.25, -0.2) is 9.13 Å². The number of ether oxygens (including phenoxy) is 4. The zero-order chi connectivity index (χ0) is 74.4. The van der Waals surface area contributed by atoms with E-state index in [1.54, 1.807) is 0 Å². The van der Waals surface area contributed by atoms with Gasteiger partial charge in [-0.05, 0) is 69.1 Å². The number of aliphatic hydroxyl groups is 1. The van der Waals surface area contributed by atoms with Crippen molar-refractivity contribution in [2.75, 3.05) is 39.6 Å². The molecular formula is C82H156O17P2. The van der Waals surface area contributed by atoms with Crippen LogP contribution in [0.3, 0.4) is 0 Å². The van der Waals surface area contributed by atoms with Gasteiger partial charge in [-0.1, -0.05) is 349 Å². The second-order valence-corrected chi connectivity index (χ2v) is 33.2. The standard InChI is InChI=1S/C82H156O17P2/c1-8-9-10-11-12-13-14-15-19-27-32-37-42-51-58-66-82(87)99-78(70-93-80(85)64-57-50-45-44-48-55-62-75(6)7)72-97-101(90,91)95-68-76(83)67-94-100(88,89)96-71-77(98-81(86)65-59-52-43-38-33-28-23-18-21-25-30-35-40-47-54-61-74(4)5)69-92-79(84)63-56-49-41-36-31-26-22-17-16-20-24-29-34-39-46-53-60-73(2)3/h13-15,19,73-78,83H,8-12,16-18,20-72H2,1-7H3,(H,88,89)(H,90,91)/b14-13-,19-15-/t76-,77-,78-/m1/s1. The number of rotatable bonds is 78. The molecule has 0 aliphatic heterocycles. The number of carbonyl (C=O) groups is 4. The lowest BCUT2D eigenvalue weighted by Gasteiger charge is -2.21. The first-order valence-electron chi connectivity index (χ1n) is 41.7. The molecule has 2 unspecified atom stereocenters. The first kappa shape index (κ1) is 98.5. The van der Waals surface area contributed by atoms with Gasteiger partial charge in [0.05, 0.1) is 26.4 Å². The molecule has 0 aliphatic rings. The van der Waals surface area contributed by atoms with Crippen molar-refractivity contribution >= 4 is 39.5 Å². The minimum absolute atomic E-state index is 0.0839. The molecule has 596 valence electrons. The van der Waals surface area contributed by atoms with Crippen LogP contribution in [0.2, 0.25) is 0 Å². The molecule has 101 heavy (non-hydrogen) atoms. The first-order valence-corrected chi connectivity index (χ1v) is 44.7. The fraction of sp³-hybridized carbons (Fsp3) is 0.902. The summed E-state index contributed by atoms with van der Waals surface area (Å²) in [6.45, 7) is 11.8. The smallest absolute Gasteiger partial charge is 0.462 e. The summed E-state index contributed by atoms with van der Waals surface area (Å²) in [5.41, 5.74) is 0. The van der Waals surface area contributed by atoms with Crippen LogP contribution in [-0.2, 0) is 65.4 Å². The second kappa shape index (κ2) is 71.8. The van der Waals surface area contributed by atoms with Gasteiger partial charge in [-0.2, -0.15) is 0 Å². The molecule has 0 rings (SSSR count). The normalized spacial score (nSPS) is 14.1. The highest BCUT2D eigenvalue weighted by atomic mass is 31.2. The monoisotopic (exact) mass is 1480 g/mol. The van der Waals surface area contributed by atoms with Gasteiger partial charge >= 0.3 is 39.5 Å². The molecule has 0 aromatic rings. The molecule has 0 saturated heterocycles. The lowest BCUT2D eigenvalue weighted by atomic mass is 10.0. The Kier molecular flexibility index (Phi) is 70.0. The Morgan fingerprint density at radius 1 is 0.307 bits per heavy atom. The van der Waals surface area contributed by atoms with Gasteiger partial charge in [0.2, 0.25) is 0 Å². The molecular weight excluding hydrogens is 1320 g/mol. The van der Waals surface area contributed by atoms with Gasteiger partial charge in [0.25, 0.3) is 0 Å². The zero-order valence-electron chi connectivity index (χ0n) is 65.9. The van der Waals surface area contributed by atoms with Gasteiger partial charge in [-0.15, -0.1) is 0 Å². The molecule has 0 bridgehead atoms. The number of esters is 4. The molecule has 0 aromatic carbocycles. The van der Waals surface area contributed by atoms with Crippen molar-refractivity contribution in [2.45, 2.75) is 420 Å². The maximum atomic E-state index is 13.1. The Bertz CT molecular complexity index is 2050. The van der Waals surface area contributed by atoms with Crippen molar-refractivity contribution in [1.82, 2.24) is 0 Å². The largest absolute Gasteiger partial charge is 0.472 e. The topological polar surface area (TPSA) is 237 Å². The van der Waals surface area contributed by atoms with E-state index in [0.717, 1.165) is 121 Å². The molecule has 3 N–H and O–H groups in total. The van der Waals surface area contributed by atoms with Crippen molar-refractivity contribution in [3.05, 3.63) is 24.3 Å². The lowest BCUT2D eigenvalue weighted by molar-refractivity contribution is -0.161. The summed E-state index contributed by atoms with van der Waals surface area (Å²) >= 11 is 0. The molecule has 5 atom stereocenters. The fourth-order valence-electron chi connectivity index (χ4n) is 12.1. The summed E-state index contributed by atoms with van der Waals surface area (Å²) in [6, 6.07) is 0. The van der Waals surface area contributed by atoms with Gasteiger partial charge in [0.15, 0.2) is 12.2 Å². The van der Waals surface area contributed by atoms with Crippen LogP contribution >= 0.6 is 15.6 Å². The predicted octanol–water partition coefficient (Wildman–Crippen LogP) is 24.1. The number of hydrogen-bond acceptors (Lipinski definition) is 15. The van der Waals surface area contributed by atoms with Crippen molar-refractivity contribution in [3.63, 3.8) is 0 Å². The molecule has 17 nitrogen and oxygen atoms in total. The van der Waals surface area contributed by atoms with Crippen LogP contribution in [0.4, 0.5) is 0 Å². The van der Waals surface area contributed by atoms with E-state index in [9.17, 15) is 43.2 Å². The quantitative estimate of drug-likeness (QED) is 0.0169. The van der Waals surface area contributed by atoms with E-state index in [4.69, 9.17) is 37.0 Å². The van der Waals surface area contributed by atoms with Crippen molar-refractivity contribution in [1.29, 1.82) is 0 Å². The van der Waals surface area contributed by atoms with E-state index in [1.165, 1.54) is 193 Å². The molecule has 0 aliphatic carbocycles. The van der Waals surface area contributed by atoms with E-state index in [0.29, 0.717) is 31.6 Å². The van der Waals surface area contributed by atoms with E-state index in [1.807, 2.05) is 0 Å². The van der Waals surface area contributed by atoms with Crippen LogP contribution in [0.25, 0.3) is 0 Å². The SMILES string of the molecule is CCCCCC/C=C\C=C/CCCCCCCC(=O)O[C@H](COC(=O)CCCCCCCCC(C)C)COP(=O)(O)OC[C@H](O)COP(=O)(O)OC[C@@H](COC(=O)CCCCCCCCCCCCCCCCCCC(C)C)OC(=O)CCCCCCCCCCCCCCCCCC(C)C. The van der Waals surface area contributed by atoms with Crippen molar-refractivity contribution < 1.29 is 80.2 Å². The van der Waals surface area contributed by atoms with Gasteiger partial charge in [0, 0.05) is 25.7 Å². The number of allylic oxidation sites excluding steroid dienone is 4. The van der Waals surface area contributed by atoms with Crippen LogP contribution < -0.4 is 0 Å². The van der Waals surface area contributed by atoms with E-state index >= 15 is 0 Å². The highest BCUT2D eigenvalue weighted by Gasteiger charge is 2.30. The number of aliphatic hydroxyl groups excluding tert-OH is 1. The Hall–Kier alpha value is -2.46. The van der Waals surface area contributed by atoms with Crippen LogP contribution in [0.5, 0.6) is 0 Å². The summed E-state index contributed by atoms with van der Waals surface area (Å²) < 4.78 is 68.7. The molecule has 0 spiro atoms. The summed E-state index contributed by atoms with van der Waals surface area (Å²) in [6.07, 6.45) is 63.4. The summed E-state index contributed by atoms with van der Waals surface area (Å²) in [4.78, 5) is 73.0. The lowest BCUT2D eigenvalue weighted by Crippen LogP contribution is -2.30. The van der Waals surface area contributed by atoms with Crippen LogP contribution in [0.1, 0.15) is 402 Å². The molecule has 0 aromatic heterocycles. The predicted molar refractivity (Wildman–Crippen MR) is 414 cm³/mol. The van der Waals surface area contributed by atoms with Crippen molar-refractivity contribution in [3.8, 4) is 0 Å². The Morgan fingerprint density at radius 2 is 0.535 bits per heavy atom. The number of hydrogen-bond donors (Lipinski definition) is 3. The maximum absolute atomic E-state index is 13.1. The summed E-state index contributed by atoms with van der Waals surface area (Å²) in [7, 11) is -9.93. The number of unbranched alkanes of at least 4 members (excludes halogenated alkanes) is 43. The molecule has 0 radical (unpaired) electrons. The zero-order valence-corrected chi connectivity index (χ0v) is 67.6. The van der Waals surface area contributed by atoms with Crippen molar-refractivity contribution in [2.24, 2.45) is 17.8 Å². The number of carbonyl (C=O) groups excluding carboxylic acids is 4. The minimum atomic E-state index is -4.97. The molecule has 0 saturated carbocycles. The van der Waals surface area contributed by atoms with Crippen LogP contribution in [-0.4, -0.2) is 96.7 Å². The van der Waals surface area contributed by atoms with Gasteiger partial charge in [0.1, 0.15) is 19.3 Å². The molecule has 0 heterocycles. The number of phosphoric ester groups is 2. The van der Waals surface area contributed by atoms with Gasteiger partial charge in [-0.3, -0.25) is 37.3 Å². The molecule has 0 fully saturated rings. The minimum Gasteiger partial charge on any atom is -0.462 e. The van der Waals surface area contributed by atoms with Gasteiger partial charge < -0.3 is 33.8 Å². The van der Waals surface area contributed by atoms with Crippen LogP contribution in [0.15, 0.2) is 24.3 Å². The maximum Gasteiger partial charge on any atom is 0.472 e. The third kappa shape index (κ3) is 75.6. The third-order valence-electron chi connectivity index (χ3n) is 18.5. The van der Waals surface area contributed by atoms with Crippen LogP contribution in [0, 0.1) is 17.8 Å². The average Bonchev–Trinajstić information content (AvgIpc) is 0.930. The van der Waals surface area contributed by atoms with E-state index < -0.39 is 97.5 Å². The Morgan fingerprint density at radius 3 is 0.802 bits per heavy atom. The highest BCUT2D eigenvalue weighted by molar-refractivity contribution is 7.47. The highest BCUT2D eigenvalue weighted by Crippen LogP contribution is 2.45. The Balaban J connectivity index is 5.25. The summed E-state index contributed by atoms with van der Waals surface area (Å²) in [5.74, 6) is 0.146.